The molecule has 0 radical (unpaired) electrons. The van der Waals surface area contributed by atoms with Crippen molar-refractivity contribution in [3.8, 4) is 11.8 Å². The molecule has 0 amide bonds. The van der Waals surface area contributed by atoms with Crippen LogP contribution in [0.2, 0.25) is 0 Å². The van der Waals surface area contributed by atoms with Crippen molar-refractivity contribution in [1.82, 2.24) is 4.98 Å². The van der Waals surface area contributed by atoms with Gasteiger partial charge in [-0.2, -0.15) is 0 Å². The standard InChI is InChI=1S/C11H12N2O2/c1-8-6-9(11(12)13-7-8)4-3-5-10(14)15-2/h6-7H,5H2,1-2H3,(H2,12,13). The highest BCUT2D eigenvalue weighted by atomic mass is 16.5. The first-order valence-electron chi connectivity index (χ1n) is 4.41. The number of nitrogens with zero attached hydrogens (tertiary/aromatic N) is 1. The van der Waals surface area contributed by atoms with Crippen molar-refractivity contribution in [2.75, 3.05) is 12.8 Å². The first kappa shape index (κ1) is 11.1. The SMILES string of the molecule is COC(=O)CC#Cc1cc(C)cnc1N. The maximum atomic E-state index is 10.8. The summed E-state index contributed by atoms with van der Waals surface area (Å²) in [7, 11) is 1.33. The van der Waals surface area contributed by atoms with Crippen LogP contribution in [0.5, 0.6) is 0 Å². The fourth-order valence-corrected chi connectivity index (χ4v) is 0.964. The predicted octanol–water partition coefficient (Wildman–Crippen LogP) is 0.887. The van der Waals surface area contributed by atoms with E-state index < -0.39 is 0 Å². The predicted molar refractivity (Wildman–Crippen MR) is 56.9 cm³/mol. The average molecular weight is 204 g/mol. The fraction of sp³-hybridized carbons (Fsp3) is 0.273. The highest BCUT2D eigenvalue weighted by Crippen LogP contribution is 2.08. The number of carbonyl (C=O) groups excluding carboxylic acids is 1. The molecule has 0 aliphatic heterocycles. The van der Waals surface area contributed by atoms with E-state index in [4.69, 9.17) is 5.73 Å². The molecular formula is C11H12N2O2. The number of methoxy groups -OCH3 is 1. The molecule has 0 bridgehead atoms. The number of ether oxygens (including phenoxy) is 1. The molecule has 1 rings (SSSR count). The van der Waals surface area contributed by atoms with E-state index in [-0.39, 0.29) is 12.4 Å². The van der Waals surface area contributed by atoms with E-state index in [1.165, 1.54) is 7.11 Å². The molecule has 1 heterocycles. The summed E-state index contributed by atoms with van der Waals surface area (Å²) in [5, 5.41) is 0. The summed E-state index contributed by atoms with van der Waals surface area (Å²) in [6, 6.07) is 1.83. The lowest BCUT2D eigenvalue weighted by Gasteiger charge is -1.97. The molecule has 0 aliphatic carbocycles. The van der Waals surface area contributed by atoms with Crippen molar-refractivity contribution in [3.63, 3.8) is 0 Å². The second-order valence-electron chi connectivity index (χ2n) is 3.00. The minimum absolute atomic E-state index is 0.0594. The van der Waals surface area contributed by atoms with Crippen LogP contribution in [0.1, 0.15) is 17.5 Å². The van der Waals surface area contributed by atoms with E-state index >= 15 is 0 Å². The number of hydrogen-bond acceptors (Lipinski definition) is 4. The van der Waals surface area contributed by atoms with Gasteiger partial charge in [0.15, 0.2) is 0 Å². The van der Waals surface area contributed by atoms with Crippen molar-refractivity contribution in [2.45, 2.75) is 13.3 Å². The van der Waals surface area contributed by atoms with E-state index in [1.807, 2.05) is 13.0 Å². The van der Waals surface area contributed by atoms with Gasteiger partial charge >= 0.3 is 5.97 Å². The number of esters is 1. The second-order valence-corrected chi connectivity index (χ2v) is 3.00. The van der Waals surface area contributed by atoms with Crippen molar-refractivity contribution in [2.24, 2.45) is 0 Å². The summed E-state index contributed by atoms with van der Waals surface area (Å²) in [4.78, 5) is 14.7. The van der Waals surface area contributed by atoms with Gasteiger partial charge in [0.25, 0.3) is 0 Å². The summed E-state index contributed by atoms with van der Waals surface area (Å²) in [5.41, 5.74) is 7.23. The Balaban J connectivity index is 2.79. The molecule has 0 spiro atoms. The van der Waals surface area contributed by atoms with E-state index in [2.05, 4.69) is 21.6 Å². The molecule has 4 nitrogen and oxygen atoms in total. The Hall–Kier alpha value is -2.02. The molecule has 0 unspecified atom stereocenters. The zero-order valence-electron chi connectivity index (χ0n) is 8.70. The Morgan fingerprint density at radius 3 is 3.07 bits per heavy atom. The van der Waals surface area contributed by atoms with E-state index in [0.717, 1.165) is 5.56 Å². The zero-order chi connectivity index (χ0) is 11.3. The van der Waals surface area contributed by atoms with Crippen LogP contribution in [-0.2, 0) is 9.53 Å². The molecular weight excluding hydrogens is 192 g/mol. The number of nitrogens with two attached hydrogens (primary N) is 1. The third-order valence-corrected chi connectivity index (χ3v) is 1.74. The molecule has 0 saturated carbocycles. The third-order valence-electron chi connectivity index (χ3n) is 1.74. The summed E-state index contributed by atoms with van der Waals surface area (Å²) in [6.45, 7) is 1.90. The topological polar surface area (TPSA) is 65.2 Å². The Bertz CT molecular complexity index is 430. The molecule has 0 atom stereocenters. The minimum Gasteiger partial charge on any atom is -0.468 e. The van der Waals surface area contributed by atoms with Crippen molar-refractivity contribution >= 4 is 11.8 Å². The first-order valence-corrected chi connectivity index (χ1v) is 4.41. The largest absolute Gasteiger partial charge is 0.468 e. The number of anilines is 1. The van der Waals surface area contributed by atoms with Gasteiger partial charge < -0.3 is 10.5 Å². The number of nitrogen functional groups attached to an aromatic ring is 1. The summed E-state index contributed by atoms with van der Waals surface area (Å²) < 4.78 is 4.45. The summed E-state index contributed by atoms with van der Waals surface area (Å²) in [6.07, 6.45) is 1.73. The van der Waals surface area contributed by atoms with Crippen LogP contribution in [0.4, 0.5) is 5.82 Å². The Morgan fingerprint density at radius 2 is 2.40 bits per heavy atom. The summed E-state index contributed by atoms with van der Waals surface area (Å²) in [5.74, 6) is 5.47. The number of aromatic nitrogens is 1. The van der Waals surface area contributed by atoms with Crippen LogP contribution in [0.15, 0.2) is 12.3 Å². The van der Waals surface area contributed by atoms with Crippen LogP contribution in [0.25, 0.3) is 0 Å². The Labute approximate surface area is 88.5 Å². The van der Waals surface area contributed by atoms with Crippen molar-refractivity contribution in [3.05, 3.63) is 23.4 Å². The lowest BCUT2D eigenvalue weighted by molar-refractivity contribution is -0.139. The molecule has 0 aliphatic rings. The van der Waals surface area contributed by atoms with Crippen LogP contribution in [0.3, 0.4) is 0 Å². The van der Waals surface area contributed by atoms with Gasteiger partial charge in [-0.15, -0.1) is 0 Å². The lowest BCUT2D eigenvalue weighted by Crippen LogP contribution is -1.98. The molecule has 0 aromatic carbocycles. The highest BCUT2D eigenvalue weighted by Gasteiger charge is 1.97. The fourth-order valence-electron chi connectivity index (χ4n) is 0.964. The lowest BCUT2D eigenvalue weighted by atomic mass is 10.2. The van der Waals surface area contributed by atoms with Gasteiger partial charge in [0.1, 0.15) is 12.2 Å². The molecule has 1 aromatic rings. The second kappa shape index (κ2) is 5.01. The molecule has 2 N–H and O–H groups in total. The number of rotatable bonds is 1. The molecule has 78 valence electrons. The number of pyridine rings is 1. The maximum absolute atomic E-state index is 10.8. The molecule has 1 aromatic heterocycles. The molecule has 0 fully saturated rings. The molecule has 0 saturated heterocycles. The smallest absolute Gasteiger partial charge is 0.317 e. The minimum atomic E-state index is -0.360. The number of carbonyl (C=O) groups is 1. The van der Waals surface area contributed by atoms with Gasteiger partial charge in [-0.1, -0.05) is 11.8 Å². The van der Waals surface area contributed by atoms with Gasteiger partial charge in [-0.3, -0.25) is 4.79 Å². The number of hydrogen-bond donors (Lipinski definition) is 1. The quantitative estimate of drug-likeness (QED) is 0.545. The van der Waals surface area contributed by atoms with Gasteiger partial charge in [0.05, 0.1) is 12.7 Å². The van der Waals surface area contributed by atoms with Crippen molar-refractivity contribution < 1.29 is 9.53 Å². The van der Waals surface area contributed by atoms with Crippen LogP contribution < -0.4 is 5.73 Å². The zero-order valence-corrected chi connectivity index (χ0v) is 8.70. The van der Waals surface area contributed by atoms with Gasteiger partial charge in [0.2, 0.25) is 0 Å². The van der Waals surface area contributed by atoms with Crippen LogP contribution in [-0.4, -0.2) is 18.1 Å². The van der Waals surface area contributed by atoms with E-state index in [9.17, 15) is 4.79 Å². The maximum Gasteiger partial charge on any atom is 0.317 e. The summed E-state index contributed by atoms with van der Waals surface area (Å²) >= 11 is 0. The first-order chi connectivity index (χ1) is 7.13. The van der Waals surface area contributed by atoms with E-state index in [1.54, 1.807) is 6.20 Å². The van der Waals surface area contributed by atoms with Gasteiger partial charge in [0, 0.05) is 6.20 Å². The highest BCUT2D eigenvalue weighted by molar-refractivity contribution is 5.72. The molecule has 4 heteroatoms. The Kier molecular flexibility index (Phi) is 3.69. The van der Waals surface area contributed by atoms with E-state index in [0.29, 0.717) is 11.4 Å². The third kappa shape index (κ3) is 3.31. The average Bonchev–Trinajstić information content (AvgIpc) is 2.23. The van der Waals surface area contributed by atoms with Crippen molar-refractivity contribution in [1.29, 1.82) is 0 Å². The van der Waals surface area contributed by atoms with Crippen LogP contribution in [0, 0.1) is 18.8 Å². The number of aryl methyl sites for hydroxylation is 1. The van der Waals surface area contributed by atoms with Gasteiger partial charge in [-0.25, -0.2) is 4.98 Å². The Morgan fingerprint density at radius 1 is 1.67 bits per heavy atom. The van der Waals surface area contributed by atoms with Gasteiger partial charge in [-0.05, 0) is 18.6 Å². The van der Waals surface area contributed by atoms with Crippen LogP contribution >= 0.6 is 0 Å². The monoisotopic (exact) mass is 204 g/mol. The normalized spacial score (nSPS) is 8.93. The molecule has 15 heavy (non-hydrogen) atoms.